The predicted molar refractivity (Wildman–Crippen MR) is 55.5 cm³/mol. The summed E-state index contributed by atoms with van der Waals surface area (Å²) in [5, 5.41) is 9.59. The van der Waals surface area contributed by atoms with Crippen molar-refractivity contribution in [3.8, 4) is 0 Å². The minimum atomic E-state index is 0.301. The number of H-pyrrole nitrogens is 1. The quantitative estimate of drug-likeness (QED) is 0.758. The van der Waals surface area contributed by atoms with E-state index in [-0.39, 0.29) is 0 Å². The highest BCUT2D eigenvalue weighted by Crippen LogP contribution is 2.06. The first-order chi connectivity index (χ1) is 6.84. The van der Waals surface area contributed by atoms with Crippen molar-refractivity contribution < 1.29 is 4.42 Å². The largest absolute Gasteiger partial charge is 0.412 e. The smallest absolute Gasteiger partial charge is 0.284 e. The third-order valence-electron chi connectivity index (χ3n) is 1.70. The molecule has 0 radical (unpaired) electrons. The Balaban J connectivity index is 1.98. The van der Waals surface area contributed by atoms with Gasteiger partial charge in [0.25, 0.3) is 4.84 Å². The van der Waals surface area contributed by atoms with E-state index in [9.17, 15) is 0 Å². The maximum absolute atomic E-state index is 5.09. The number of para-hydroxylation sites is 1. The molecule has 0 spiro atoms. The highest BCUT2D eigenvalue weighted by Gasteiger charge is 1.97. The van der Waals surface area contributed by atoms with E-state index in [1.165, 1.54) is 0 Å². The second-order valence-corrected chi connectivity index (χ2v) is 3.10. The van der Waals surface area contributed by atoms with E-state index in [1.54, 1.807) is 0 Å². The average Bonchev–Trinajstić information content (AvgIpc) is 2.63. The fourth-order valence-electron chi connectivity index (χ4n) is 1.07. The summed E-state index contributed by atoms with van der Waals surface area (Å²) >= 11 is 4.75. The fourth-order valence-corrected chi connectivity index (χ4v) is 1.21. The topological polar surface area (TPSA) is 53.9 Å². The van der Waals surface area contributed by atoms with Gasteiger partial charge in [-0.05, 0) is 24.4 Å². The van der Waals surface area contributed by atoms with Crippen LogP contribution in [0.1, 0.15) is 5.89 Å². The molecule has 1 aromatic heterocycles. The van der Waals surface area contributed by atoms with Gasteiger partial charge in [0.15, 0.2) is 0 Å². The van der Waals surface area contributed by atoms with Gasteiger partial charge < -0.3 is 9.73 Å². The number of nitrogens with one attached hydrogen (secondary N) is 2. The van der Waals surface area contributed by atoms with Gasteiger partial charge in [-0.25, -0.2) is 5.10 Å². The van der Waals surface area contributed by atoms with Crippen molar-refractivity contribution in [3.05, 3.63) is 41.1 Å². The lowest BCUT2D eigenvalue weighted by Gasteiger charge is -2.01. The number of aromatic amines is 1. The third kappa shape index (κ3) is 2.20. The van der Waals surface area contributed by atoms with Crippen molar-refractivity contribution in [2.24, 2.45) is 0 Å². The Morgan fingerprint density at radius 3 is 2.79 bits per heavy atom. The number of anilines is 1. The molecule has 0 aliphatic heterocycles. The predicted octanol–water partition coefficient (Wildman–Crippen LogP) is 2.34. The van der Waals surface area contributed by atoms with Gasteiger partial charge in [-0.2, -0.15) is 0 Å². The molecule has 0 saturated heterocycles. The van der Waals surface area contributed by atoms with Crippen LogP contribution < -0.4 is 5.32 Å². The van der Waals surface area contributed by atoms with Crippen LogP contribution in [-0.4, -0.2) is 10.2 Å². The van der Waals surface area contributed by atoms with E-state index in [0.717, 1.165) is 5.69 Å². The molecular weight excluding hydrogens is 198 g/mol. The zero-order valence-corrected chi connectivity index (χ0v) is 8.17. The van der Waals surface area contributed by atoms with Crippen LogP contribution in [0.25, 0.3) is 0 Å². The second-order valence-electron chi connectivity index (χ2n) is 2.73. The molecule has 0 saturated carbocycles. The van der Waals surface area contributed by atoms with E-state index < -0.39 is 0 Å². The first kappa shape index (κ1) is 8.96. The van der Waals surface area contributed by atoms with Crippen LogP contribution >= 0.6 is 12.2 Å². The van der Waals surface area contributed by atoms with E-state index >= 15 is 0 Å². The Bertz CT molecular complexity index is 448. The molecule has 1 heterocycles. The highest BCUT2D eigenvalue weighted by molar-refractivity contribution is 7.71. The molecule has 0 atom stereocenters. The molecule has 0 fully saturated rings. The number of benzene rings is 1. The number of nitrogens with zero attached hydrogens (tertiary/aromatic N) is 1. The van der Waals surface area contributed by atoms with E-state index in [1.807, 2.05) is 30.3 Å². The zero-order valence-electron chi connectivity index (χ0n) is 7.36. The molecule has 0 aliphatic carbocycles. The Labute approximate surface area is 86.0 Å². The van der Waals surface area contributed by atoms with Crippen molar-refractivity contribution in [1.82, 2.24) is 10.2 Å². The van der Waals surface area contributed by atoms with Gasteiger partial charge >= 0.3 is 0 Å². The van der Waals surface area contributed by atoms with Crippen molar-refractivity contribution in [3.63, 3.8) is 0 Å². The molecule has 5 heteroatoms. The van der Waals surface area contributed by atoms with Crippen molar-refractivity contribution in [1.29, 1.82) is 0 Å². The maximum atomic E-state index is 5.09. The molecule has 4 nitrogen and oxygen atoms in total. The Morgan fingerprint density at radius 1 is 1.36 bits per heavy atom. The van der Waals surface area contributed by atoms with E-state index in [0.29, 0.717) is 17.3 Å². The second kappa shape index (κ2) is 4.06. The molecule has 72 valence electrons. The number of hydrogen-bond donors (Lipinski definition) is 2. The summed E-state index contributed by atoms with van der Waals surface area (Å²) in [6, 6.07) is 9.83. The number of rotatable bonds is 3. The maximum Gasteiger partial charge on any atom is 0.284 e. The van der Waals surface area contributed by atoms with Gasteiger partial charge in [0, 0.05) is 5.69 Å². The van der Waals surface area contributed by atoms with Crippen LogP contribution in [0.3, 0.4) is 0 Å². The van der Waals surface area contributed by atoms with E-state index in [2.05, 4.69) is 15.5 Å². The summed E-state index contributed by atoms with van der Waals surface area (Å²) in [4.78, 5) is 0.301. The lowest BCUT2D eigenvalue weighted by Crippen LogP contribution is -1.99. The fraction of sp³-hybridized carbons (Fsp3) is 0.111. The van der Waals surface area contributed by atoms with Crippen LogP contribution in [0.5, 0.6) is 0 Å². The first-order valence-electron chi connectivity index (χ1n) is 4.18. The summed E-state index contributed by atoms with van der Waals surface area (Å²) in [6.07, 6.45) is 0. The number of hydrogen-bond acceptors (Lipinski definition) is 4. The van der Waals surface area contributed by atoms with E-state index in [4.69, 9.17) is 16.6 Å². The Hall–Kier alpha value is -1.62. The average molecular weight is 207 g/mol. The van der Waals surface area contributed by atoms with Gasteiger partial charge in [-0.1, -0.05) is 18.2 Å². The summed E-state index contributed by atoms with van der Waals surface area (Å²) in [5.74, 6) is 0.554. The minimum Gasteiger partial charge on any atom is -0.412 e. The molecule has 0 aliphatic rings. The molecule has 2 aromatic rings. The third-order valence-corrected chi connectivity index (χ3v) is 1.87. The van der Waals surface area contributed by atoms with Crippen LogP contribution in [0.15, 0.2) is 34.7 Å². The van der Waals surface area contributed by atoms with Gasteiger partial charge in [-0.3, -0.25) is 0 Å². The van der Waals surface area contributed by atoms with Crippen LogP contribution in [0, 0.1) is 4.84 Å². The molecule has 14 heavy (non-hydrogen) atoms. The summed E-state index contributed by atoms with van der Waals surface area (Å²) < 4.78 is 5.09. The molecular formula is C9H9N3OS. The molecule has 2 N–H and O–H groups in total. The van der Waals surface area contributed by atoms with Crippen molar-refractivity contribution in [2.45, 2.75) is 6.54 Å². The lowest BCUT2D eigenvalue weighted by molar-refractivity contribution is 0.489. The normalized spacial score (nSPS) is 10.0. The van der Waals surface area contributed by atoms with Crippen molar-refractivity contribution in [2.75, 3.05) is 5.32 Å². The minimum absolute atomic E-state index is 0.301. The van der Waals surface area contributed by atoms with Gasteiger partial charge in [-0.15, -0.1) is 5.10 Å². The monoisotopic (exact) mass is 207 g/mol. The van der Waals surface area contributed by atoms with Crippen LogP contribution in [0.4, 0.5) is 5.69 Å². The molecule has 0 unspecified atom stereocenters. The highest BCUT2D eigenvalue weighted by atomic mass is 32.1. The molecule has 1 aromatic carbocycles. The van der Waals surface area contributed by atoms with Crippen LogP contribution in [0.2, 0.25) is 0 Å². The zero-order chi connectivity index (χ0) is 9.80. The molecule has 0 amide bonds. The standard InChI is InChI=1S/C9H9N3OS/c14-9-12-11-8(13-9)6-10-7-4-2-1-3-5-7/h1-5,10H,6H2,(H,12,14). The Kier molecular flexibility index (Phi) is 2.60. The van der Waals surface area contributed by atoms with Gasteiger partial charge in [0.05, 0.1) is 6.54 Å². The Morgan fingerprint density at radius 2 is 2.14 bits per heavy atom. The SMILES string of the molecule is S=c1[nH]nc(CNc2ccccc2)o1. The first-order valence-corrected chi connectivity index (χ1v) is 4.59. The summed E-state index contributed by atoms with van der Waals surface area (Å²) in [5.41, 5.74) is 1.02. The van der Waals surface area contributed by atoms with Gasteiger partial charge in [0.1, 0.15) is 0 Å². The lowest BCUT2D eigenvalue weighted by atomic mass is 10.3. The molecule has 0 bridgehead atoms. The van der Waals surface area contributed by atoms with Crippen molar-refractivity contribution >= 4 is 17.9 Å². The summed E-state index contributed by atoms with van der Waals surface area (Å²) in [6.45, 7) is 0.525. The number of aromatic nitrogens is 2. The molecule has 2 rings (SSSR count). The summed E-state index contributed by atoms with van der Waals surface area (Å²) in [7, 11) is 0. The van der Waals surface area contributed by atoms with Gasteiger partial charge in [0.2, 0.25) is 5.89 Å². The van der Waals surface area contributed by atoms with Crippen LogP contribution in [-0.2, 0) is 6.54 Å².